The molecule has 1 aliphatic rings. The summed E-state index contributed by atoms with van der Waals surface area (Å²) in [4.78, 5) is 15.8. The van der Waals surface area contributed by atoms with Crippen molar-refractivity contribution in [2.75, 3.05) is 33.7 Å². The molecule has 4 heteroatoms. The lowest BCUT2D eigenvalue weighted by atomic mass is 10.2. The molecule has 0 aromatic heterocycles. The molecule has 1 unspecified atom stereocenters. The van der Waals surface area contributed by atoms with Crippen LogP contribution in [0.25, 0.3) is 0 Å². The Morgan fingerprint density at radius 3 is 2.79 bits per heavy atom. The van der Waals surface area contributed by atoms with Crippen molar-refractivity contribution in [3.05, 3.63) is 0 Å². The molecule has 1 fully saturated rings. The third kappa shape index (κ3) is 2.96. The van der Waals surface area contributed by atoms with Gasteiger partial charge in [0.05, 0.1) is 0 Å². The molecule has 1 amide bonds. The zero-order valence-electron chi connectivity index (χ0n) is 9.20. The predicted molar refractivity (Wildman–Crippen MR) is 57.0 cm³/mol. The van der Waals surface area contributed by atoms with Crippen LogP contribution in [-0.2, 0) is 4.79 Å². The number of nitrogens with two attached hydrogens (primary N) is 1. The second-order valence-corrected chi connectivity index (χ2v) is 4.14. The molecule has 2 N–H and O–H groups in total. The van der Waals surface area contributed by atoms with Crippen LogP contribution in [0.2, 0.25) is 0 Å². The van der Waals surface area contributed by atoms with Crippen LogP contribution in [0.1, 0.15) is 19.3 Å². The summed E-state index contributed by atoms with van der Waals surface area (Å²) < 4.78 is 0. The molecular formula is C10H21N3O. The first-order chi connectivity index (χ1) is 6.65. The normalized spacial score (nSPS) is 22.0. The van der Waals surface area contributed by atoms with Crippen molar-refractivity contribution < 1.29 is 4.79 Å². The molecule has 4 nitrogen and oxygen atoms in total. The Hall–Kier alpha value is -0.610. The lowest BCUT2D eigenvalue weighted by molar-refractivity contribution is -0.130. The quantitative estimate of drug-likeness (QED) is 0.687. The van der Waals surface area contributed by atoms with Crippen molar-refractivity contribution in [3.8, 4) is 0 Å². The lowest BCUT2D eigenvalue weighted by Crippen LogP contribution is -2.34. The molecule has 14 heavy (non-hydrogen) atoms. The van der Waals surface area contributed by atoms with Gasteiger partial charge < -0.3 is 15.5 Å². The molecule has 0 saturated carbocycles. The van der Waals surface area contributed by atoms with Crippen molar-refractivity contribution >= 4 is 5.91 Å². The summed E-state index contributed by atoms with van der Waals surface area (Å²) in [5.74, 6) is 0.264. The Labute approximate surface area is 86.0 Å². The van der Waals surface area contributed by atoms with Gasteiger partial charge >= 0.3 is 0 Å². The van der Waals surface area contributed by atoms with Gasteiger partial charge in [0.1, 0.15) is 0 Å². The van der Waals surface area contributed by atoms with Crippen molar-refractivity contribution in [3.63, 3.8) is 0 Å². The highest BCUT2D eigenvalue weighted by atomic mass is 16.2. The molecule has 1 heterocycles. The SMILES string of the molecule is CN(C)C1CCN(C(=O)CCCN)C1. The number of amides is 1. The van der Waals surface area contributed by atoms with E-state index in [9.17, 15) is 4.79 Å². The van der Waals surface area contributed by atoms with Crippen molar-refractivity contribution in [2.45, 2.75) is 25.3 Å². The fourth-order valence-corrected chi connectivity index (χ4v) is 1.80. The van der Waals surface area contributed by atoms with E-state index in [1.165, 1.54) is 0 Å². The largest absolute Gasteiger partial charge is 0.341 e. The second kappa shape index (κ2) is 5.32. The highest BCUT2D eigenvalue weighted by Gasteiger charge is 2.26. The van der Waals surface area contributed by atoms with Gasteiger partial charge in [-0.3, -0.25) is 4.79 Å². The van der Waals surface area contributed by atoms with Gasteiger partial charge in [-0.1, -0.05) is 0 Å². The van der Waals surface area contributed by atoms with Gasteiger partial charge in [0.2, 0.25) is 5.91 Å². The Balaban J connectivity index is 2.30. The molecule has 1 aliphatic heterocycles. The lowest BCUT2D eigenvalue weighted by Gasteiger charge is -2.20. The minimum absolute atomic E-state index is 0.264. The first-order valence-corrected chi connectivity index (χ1v) is 5.29. The number of hydrogen-bond acceptors (Lipinski definition) is 3. The minimum Gasteiger partial charge on any atom is -0.341 e. The summed E-state index contributed by atoms with van der Waals surface area (Å²) in [6, 6.07) is 0.539. The molecule has 1 saturated heterocycles. The molecule has 0 aromatic carbocycles. The molecule has 0 aromatic rings. The average Bonchev–Trinajstić information content (AvgIpc) is 2.62. The van der Waals surface area contributed by atoms with Crippen molar-refractivity contribution in [1.29, 1.82) is 0 Å². The van der Waals surface area contributed by atoms with Crippen molar-refractivity contribution in [1.82, 2.24) is 9.80 Å². The fourth-order valence-electron chi connectivity index (χ4n) is 1.80. The van der Waals surface area contributed by atoms with Crippen LogP contribution in [0.3, 0.4) is 0 Å². The maximum atomic E-state index is 11.6. The molecule has 0 radical (unpaired) electrons. The van der Waals surface area contributed by atoms with E-state index in [1.54, 1.807) is 0 Å². The molecule has 0 spiro atoms. The average molecular weight is 199 g/mol. The standard InChI is InChI=1S/C10H21N3O/c1-12(2)9-5-7-13(8-9)10(14)4-3-6-11/h9H,3-8,11H2,1-2H3. The van der Waals surface area contributed by atoms with Gasteiger partial charge in [0.25, 0.3) is 0 Å². The highest BCUT2D eigenvalue weighted by molar-refractivity contribution is 5.76. The third-order valence-electron chi connectivity index (χ3n) is 2.84. The van der Waals surface area contributed by atoms with Crippen LogP contribution in [0, 0.1) is 0 Å². The molecular weight excluding hydrogens is 178 g/mol. The summed E-state index contributed by atoms with van der Waals surface area (Å²) in [5.41, 5.74) is 5.37. The number of likely N-dealkylation sites (N-methyl/N-ethyl adjacent to an activating group) is 1. The maximum absolute atomic E-state index is 11.6. The van der Waals surface area contributed by atoms with Gasteiger partial charge in [0.15, 0.2) is 0 Å². The van der Waals surface area contributed by atoms with Crippen LogP contribution in [-0.4, -0.2) is 55.5 Å². The summed E-state index contributed by atoms with van der Waals surface area (Å²) in [6.45, 7) is 2.40. The monoisotopic (exact) mass is 199 g/mol. The molecule has 1 atom stereocenters. The Morgan fingerprint density at radius 1 is 1.57 bits per heavy atom. The number of nitrogens with zero attached hydrogens (tertiary/aromatic N) is 2. The van der Waals surface area contributed by atoms with E-state index < -0.39 is 0 Å². The third-order valence-corrected chi connectivity index (χ3v) is 2.84. The molecule has 82 valence electrons. The zero-order chi connectivity index (χ0) is 10.6. The van der Waals surface area contributed by atoms with Crippen LogP contribution in [0.15, 0.2) is 0 Å². The summed E-state index contributed by atoms with van der Waals surface area (Å²) in [5, 5.41) is 0. The van der Waals surface area contributed by atoms with Crippen molar-refractivity contribution in [2.24, 2.45) is 5.73 Å². The fraction of sp³-hybridized carbons (Fsp3) is 0.900. The van der Waals surface area contributed by atoms with Gasteiger partial charge in [-0.15, -0.1) is 0 Å². The summed E-state index contributed by atoms with van der Waals surface area (Å²) in [6.07, 6.45) is 2.51. The number of likely N-dealkylation sites (tertiary alicyclic amines) is 1. The zero-order valence-corrected chi connectivity index (χ0v) is 9.20. The predicted octanol–water partition coefficient (Wildman–Crippen LogP) is -0.112. The Morgan fingerprint density at radius 2 is 2.29 bits per heavy atom. The van der Waals surface area contributed by atoms with E-state index in [2.05, 4.69) is 19.0 Å². The number of rotatable bonds is 4. The van der Waals surface area contributed by atoms with Crippen LogP contribution in [0.4, 0.5) is 0 Å². The van der Waals surface area contributed by atoms with E-state index in [0.717, 1.165) is 25.9 Å². The number of carbonyl (C=O) groups excluding carboxylic acids is 1. The number of hydrogen-bond donors (Lipinski definition) is 1. The molecule has 1 rings (SSSR count). The smallest absolute Gasteiger partial charge is 0.222 e. The molecule has 0 aliphatic carbocycles. The van der Waals surface area contributed by atoms with Gasteiger partial charge in [-0.25, -0.2) is 0 Å². The van der Waals surface area contributed by atoms with Gasteiger partial charge in [-0.05, 0) is 33.5 Å². The summed E-state index contributed by atoms with van der Waals surface area (Å²) >= 11 is 0. The van der Waals surface area contributed by atoms with E-state index in [1.807, 2.05) is 4.90 Å². The van der Waals surface area contributed by atoms with E-state index in [-0.39, 0.29) is 5.91 Å². The Kier molecular flexibility index (Phi) is 4.35. The van der Waals surface area contributed by atoms with Gasteiger partial charge in [-0.2, -0.15) is 0 Å². The van der Waals surface area contributed by atoms with Crippen LogP contribution in [0.5, 0.6) is 0 Å². The van der Waals surface area contributed by atoms with Crippen LogP contribution < -0.4 is 5.73 Å². The Bertz CT molecular complexity index is 194. The highest BCUT2D eigenvalue weighted by Crippen LogP contribution is 2.14. The van der Waals surface area contributed by atoms with Gasteiger partial charge in [0, 0.05) is 25.6 Å². The summed E-state index contributed by atoms with van der Waals surface area (Å²) in [7, 11) is 4.14. The van der Waals surface area contributed by atoms with E-state index in [4.69, 9.17) is 5.73 Å². The van der Waals surface area contributed by atoms with E-state index >= 15 is 0 Å². The second-order valence-electron chi connectivity index (χ2n) is 4.14. The number of carbonyl (C=O) groups is 1. The van der Waals surface area contributed by atoms with Crippen LogP contribution >= 0.6 is 0 Å². The maximum Gasteiger partial charge on any atom is 0.222 e. The minimum atomic E-state index is 0.264. The first-order valence-electron chi connectivity index (χ1n) is 5.29. The van der Waals surface area contributed by atoms with E-state index in [0.29, 0.717) is 19.0 Å². The topological polar surface area (TPSA) is 49.6 Å². The molecule has 0 bridgehead atoms. The first kappa shape index (κ1) is 11.5.